The number of ketones is 1. The van der Waals surface area contributed by atoms with Gasteiger partial charge in [-0.2, -0.15) is 0 Å². The highest BCUT2D eigenvalue weighted by molar-refractivity contribution is 6.42. The van der Waals surface area contributed by atoms with Crippen LogP contribution in [0.4, 0.5) is 4.39 Å². The Hall–Kier alpha value is -3.30. The summed E-state index contributed by atoms with van der Waals surface area (Å²) >= 11 is 6.39. The number of carbonyl (C=O) groups excluding carboxylic acids is 2. The predicted octanol–water partition coefficient (Wildman–Crippen LogP) is 4.79. The largest absolute Gasteiger partial charge is 0.489 e. The molecule has 1 fully saturated rings. The minimum Gasteiger partial charge on any atom is -0.489 e. The van der Waals surface area contributed by atoms with Gasteiger partial charge in [0.15, 0.2) is 0 Å². The molecule has 0 aliphatic carbocycles. The van der Waals surface area contributed by atoms with Crippen LogP contribution in [-0.2, 0) is 4.79 Å². The molecule has 1 amide bonds. The fraction of sp³-hybridized carbons (Fsp3) is 0.355. The Morgan fingerprint density at radius 3 is 2.20 bits per heavy atom. The van der Waals surface area contributed by atoms with Gasteiger partial charge < -0.3 is 25.2 Å². The maximum Gasteiger partial charge on any atom is 0.292 e. The lowest BCUT2D eigenvalue weighted by molar-refractivity contribution is -0.118. The van der Waals surface area contributed by atoms with Crippen molar-refractivity contribution in [3.05, 3.63) is 88.7 Å². The van der Waals surface area contributed by atoms with Gasteiger partial charge in [-0.25, -0.2) is 4.39 Å². The number of aliphatic hydroxyl groups excluding tert-OH is 1. The molecular formula is C31H34ClFN2O5. The highest BCUT2D eigenvalue weighted by Crippen LogP contribution is 2.30. The molecule has 0 radical (unpaired) electrons. The van der Waals surface area contributed by atoms with Crippen LogP contribution in [0.2, 0.25) is 5.02 Å². The van der Waals surface area contributed by atoms with Crippen molar-refractivity contribution < 1.29 is 28.9 Å². The van der Waals surface area contributed by atoms with Crippen molar-refractivity contribution in [3.8, 4) is 16.9 Å². The van der Waals surface area contributed by atoms with Gasteiger partial charge in [0, 0.05) is 12.1 Å². The molecular weight excluding hydrogens is 535 g/mol. The minimum atomic E-state index is -1.14. The number of benzene rings is 3. The molecule has 212 valence electrons. The molecule has 1 heterocycles. The fourth-order valence-corrected chi connectivity index (χ4v) is 4.84. The second-order valence-corrected chi connectivity index (χ2v) is 11.1. The number of Topliss-reactive ketones (excluding diaryl/α,β-unsaturated/α-hetero) is 1. The Labute approximate surface area is 238 Å². The van der Waals surface area contributed by atoms with Crippen molar-refractivity contribution in [3.63, 3.8) is 0 Å². The van der Waals surface area contributed by atoms with Crippen LogP contribution in [0.15, 0.2) is 66.7 Å². The van der Waals surface area contributed by atoms with Gasteiger partial charge >= 0.3 is 0 Å². The lowest BCUT2D eigenvalue weighted by Gasteiger charge is -2.29. The number of amides is 1. The molecule has 1 saturated heterocycles. The van der Waals surface area contributed by atoms with Gasteiger partial charge in [0.05, 0.1) is 16.7 Å². The smallest absolute Gasteiger partial charge is 0.292 e. The molecule has 1 aliphatic rings. The first-order valence-electron chi connectivity index (χ1n) is 13.3. The number of hydrogen-bond donors (Lipinski definition) is 3. The zero-order chi connectivity index (χ0) is 28.9. The molecule has 0 bridgehead atoms. The molecule has 3 aromatic rings. The lowest BCUT2D eigenvalue weighted by Crippen LogP contribution is -2.48. The van der Waals surface area contributed by atoms with E-state index >= 15 is 0 Å². The van der Waals surface area contributed by atoms with Gasteiger partial charge in [0.1, 0.15) is 24.3 Å². The van der Waals surface area contributed by atoms with Gasteiger partial charge in [0.25, 0.3) is 5.91 Å². The summed E-state index contributed by atoms with van der Waals surface area (Å²) in [5, 5.41) is 24.2. The normalized spacial score (nSPS) is 15.4. The Kier molecular flexibility index (Phi) is 9.58. The standard InChI is InChI=1S/C31H34ClFN2O5/c1-31(2,39)19-40-27-14-11-23(17-25(27)32)28(36)26(18-35-15-3-4-16-35)34-30(38)29(37)22-7-5-20(6-8-22)21-9-12-24(33)13-10-21/h5-14,17,26,28,36,39H,3-4,15-16,18-19H2,1-2H3,(H,34,38)/t26-,28+/m1/s1. The Bertz CT molecular complexity index is 1320. The van der Waals surface area contributed by atoms with E-state index in [1.807, 2.05) is 0 Å². The summed E-state index contributed by atoms with van der Waals surface area (Å²) in [4.78, 5) is 28.2. The van der Waals surface area contributed by atoms with Crippen molar-refractivity contribution >= 4 is 23.3 Å². The van der Waals surface area contributed by atoms with Gasteiger partial charge in [0.2, 0.25) is 5.78 Å². The number of halogens is 2. The van der Waals surface area contributed by atoms with Gasteiger partial charge in [-0.15, -0.1) is 0 Å². The van der Waals surface area contributed by atoms with Gasteiger partial charge in [-0.1, -0.05) is 54.1 Å². The monoisotopic (exact) mass is 568 g/mol. The third-order valence-electron chi connectivity index (χ3n) is 6.76. The SMILES string of the molecule is CC(C)(O)COc1ccc([C@H](O)[C@@H](CN2CCCC2)NC(=O)C(=O)c2ccc(-c3ccc(F)cc3)cc2)cc1Cl. The summed E-state index contributed by atoms with van der Waals surface area (Å²) in [6, 6.07) is 16.6. The van der Waals surface area contributed by atoms with E-state index in [9.17, 15) is 24.2 Å². The van der Waals surface area contributed by atoms with Crippen LogP contribution >= 0.6 is 11.6 Å². The summed E-state index contributed by atoms with van der Waals surface area (Å²) in [5.41, 5.74) is 1.19. The quantitative estimate of drug-likeness (QED) is 0.227. The number of nitrogens with zero attached hydrogens (tertiary/aromatic N) is 1. The van der Waals surface area contributed by atoms with Crippen molar-refractivity contribution in [2.24, 2.45) is 0 Å². The summed E-state index contributed by atoms with van der Waals surface area (Å²) in [5.74, 6) is -1.53. The van der Waals surface area contributed by atoms with Crippen LogP contribution in [0.3, 0.4) is 0 Å². The average Bonchev–Trinajstić information content (AvgIpc) is 3.44. The van der Waals surface area contributed by atoms with Crippen molar-refractivity contribution in [1.82, 2.24) is 10.2 Å². The summed E-state index contributed by atoms with van der Waals surface area (Å²) < 4.78 is 18.8. The first kappa shape index (κ1) is 29.7. The number of ether oxygens (including phenoxy) is 1. The van der Waals surface area contributed by atoms with E-state index in [1.54, 1.807) is 68.4 Å². The van der Waals surface area contributed by atoms with Crippen LogP contribution in [0.1, 0.15) is 48.7 Å². The van der Waals surface area contributed by atoms with Gasteiger partial charge in [-0.05, 0) is 80.7 Å². The first-order valence-corrected chi connectivity index (χ1v) is 13.6. The van der Waals surface area contributed by atoms with E-state index in [2.05, 4.69) is 10.2 Å². The Balaban J connectivity index is 1.48. The number of nitrogens with one attached hydrogen (secondary N) is 1. The third-order valence-corrected chi connectivity index (χ3v) is 7.06. The molecule has 2 atom stereocenters. The van der Waals surface area contributed by atoms with Crippen LogP contribution in [0.5, 0.6) is 5.75 Å². The van der Waals surface area contributed by atoms with Crippen molar-refractivity contribution in [2.75, 3.05) is 26.2 Å². The molecule has 4 rings (SSSR count). The topological polar surface area (TPSA) is 99.1 Å². The summed E-state index contributed by atoms with van der Waals surface area (Å²) in [6.45, 7) is 5.30. The summed E-state index contributed by atoms with van der Waals surface area (Å²) in [6.07, 6.45) is 0.906. The molecule has 0 unspecified atom stereocenters. The zero-order valence-corrected chi connectivity index (χ0v) is 23.3. The molecule has 3 N–H and O–H groups in total. The van der Waals surface area contributed by atoms with Crippen LogP contribution in [0, 0.1) is 5.82 Å². The van der Waals surface area contributed by atoms with Gasteiger partial charge in [-0.3, -0.25) is 9.59 Å². The zero-order valence-electron chi connectivity index (χ0n) is 22.6. The number of aliphatic hydroxyl groups is 2. The highest BCUT2D eigenvalue weighted by Gasteiger charge is 2.29. The predicted molar refractivity (Wildman–Crippen MR) is 152 cm³/mol. The molecule has 0 spiro atoms. The molecule has 0 aromatic heterocycles. The van der Waals surface area contributed by atoms with E-state index in [0.717, 1.165) is 37.1 Å². The maximum absolute atomic E-state index is 13.2. The molecule has 3 aromatic carbocycles. The fourth-order valence-electron chi connectivity index (χ4n) is 4.59. The Morgan fingerprint density at radius 1 is 1.02 bits per heavy atom. The molecule has 40 heavy (non-hydrogen) atoms. The van der Waals surface area contributed by atoms with E-state index in [0.29, 0.717) is 17.9 Å². The third kappa shape index (κ3) is 7.88. The van der Waals surface area contributed by atoms with Crippen LogP contribution < -0.4 is 10.1 Å². The minimum absolute atomic E-state index is 0.0370. The van der Waals surface area contributed by atoms with Crippen LogP contribution in [0.25, 0.3) is 11.1 Å². The number of hydrogen-bond acceptors (Lipinski definition) is 6. The first-order chi connectivity index (χ1) is 19.0. The second kappa shape index (κ2) is 12.9. The highest BCUT2D eigenvalue weighted by atomic mass is 35.5. The van der Waals surface area contributed by atoms with E-state index in [-0.39, 0.29) is 23.0 Å². The van der Waals surface area contributed by atoms with Crippen LogP contribution in [-0.4, -0.2) is 64.7 Å². The number of likely N-dealkylation sites (tertiary alicyclic amines) is 1. The number of rotatable bonds is 11. The molecule has 1 aliphatic heterocycles. The summed E-state index contributed by atoms with van der Waals surface area (Å²) in [7, 11) is 0. The van der Waals surface area contributed by atoms with E-state index in [1.165, 1.54) is 12.1 Å². The molecule has 7 nitrogen and oxygen atoms in total. The number of carbonyl (C=O) groups is 2. The van der Waals surface area contributed by atoms with E-state index in [4.69, 9.17) is 16.3 Å². The molecule has 9 heteroatoms. The average molecular weight is 569 g/mol. The van der Waals surface area contributed by atoms with E-state index < -0.39 is 29.4 Å². The maximum atomic E-state index is 13.2. The van der Waals surface area contributed by atoms with Crippen molar-refractivity contribution in [2.45, 2.75) is 44.4 Å². The Morgan fingerprint density at radius 2 is 1.62 bits per heavy atom. The van der Waals surface area contributed by atoms with Crippen molar-refractivity contribution in [1.29, 1.82) is 0 Å². The second-order valence-electron chi connectivity index (χ2n) is 10.7. The molecule has 0 saturated carbocycles. The lowest BCUT2D eigenvalue weighted by atomic mass is 10.00.